The van der Waals surface area contributed by atoms with Gasteiger partial charge in [0.1, 0.15) is 17.5 Å². The summed E-state index contributed by atoms with van der Waals surface area (Å²) >= 11 is 0. The third kappa shape index (κ3) is 2.73. The van der Waals surface area contributed by atoms with E-state index in [1.165, 1.54) is 0 Å². The highest BCUT2D eigenvalue weighted by Crippen LogP contribution is 2.34. The Labute approximate surface area is 146 Å². The molecule has 24 heavy (non-hydrogen) atoms. The number of rotatable bonds is 1. The maximum Gasteiger partial charge on any atom is 0.142 e. The first kappa shape index (κ1) is 16.7. The number of aryl methyl sites for hydroxylation is 1. The number of anilines is 1. The lowest BCUT2D eigenvalue weighted by molar-refractivity contribution is 0.109. The summed E-state index contributed by atoms with van der Waals surface area (Å²) in [4.78, 5) is 4.40. The van der Waals surface area contributed by atoms with E-state index >= 15 is 0 Å². The molecular weight excluding hydrogens is 328 g/mol. The zero-order valence-electron chi connectivity index (χ0n) is 13.2. The summed E-state index contributed by atoms with van der Waals surface area (Å²) < 4.78 is 7.60. The smallest absolute Gasteiger partial charge is 0.142 e. The molecule has 0 aliphatic carbocycles. The molecule has 2 aromatic rings. The number of nitrogens with one attached hydrogen (secondary N) is 1. The average Bonchev–Trinajstić information content (AvgIpc) is 2.83. The monoisotopic (exact) mass is 346 g/mol. The van der Waals surface area contributed by atoms with Crippen molar-refractivity contribution >= 4 is 18.2 Å². The van der Waals surface area contributed by atoms with Gasteiger partial charge < -0.3 is 15.8 Å². The molecule has 2 aromatic heterocycles. The maximum atomic E-state index is 9.55. The summed E-state index contributed by atoms with van der Waals surface area (Å²) in [6.07, 6.45) is 1.76. The molecule has 2 aliphatic heterocycles. The van der Waals surface area contributed by atoms with Crippen LogP contribution in [0, 0.1) is 11.3 Å². The number of nitrogens with zero attached hydrogens (tertiary/aromatic N) is 4. The number of nitrogens with two attached hydrogens (primary N) is 1. The lowest BCUT2D eigenvalue weighted by Gasteiger charge is -2.20. The summed E-state index contributed by atoms with van der Waals surface area (Å²) in [6, 6.07) is 4.24. The van der Waals surface area contributed by atoms with Crippen LogP contribution in [0.3, 0.4) is 0 Å². The normalized spacial score (nSPS) is 16.3. The Hall–Kier alpha value is -2.14. The lowest BCUT2D eigenvalue weighted by Crippen LogP contribution is -2.16. The van der Waals surface area contributed by atoms with E-state index in [2.05, 4.69) is 16.4 Å². The molecular formula is C16H19ClN6O. The van der Waals surface area contributed by atoms with Crippen LogP contribution in [-0.2, 0) is 30.9 Å². The Bertz CT molecular complexity index is 786. The molecule has 0 unspecified atom stereocenters. The first-order chi connectivity index (χ1) is 11.3. The van der Waals surface area contributed by atoms with Crippen LogP contribution in [0.5, 0.6) is 0 Å². The number of pyridine rings is 1. The predicted molar refractivity (Wildman–Crippen MR) is 91.5 cm³/mol. The average molecular weight is 347 g/mol. The second-order valence-corrected chi connectivity index (χ2v) is 5.86. The van der Waals surface area contributed by atoms with Crippen LogP contribution in [0.2, 0.25) is 0 Å². The molecule has 7 nitrogen and oxygen atoms in total. The Morgan fingerprint density at radius 2 is 2.29 bits per heavy atom. The molecule has 0 amide bonds. The van der Waals surface area contributed by atoms with Gasteiger partial charge in [-0.15, -0.1) is 12.4 Å². The molecule has 0 spiro atoms. The van der Waals surface area contributed by atoms with E-state index in [1.54, 1.807) is 0 Å². The van der Waals surface area contributed by atoms with Crippen LogP contribution in [0.4, 0.5) is 5.82 Å². The SMILES string of the molecule is Cl.N#Cc1c(N)nc2c(c1-c1cc3n(n1)CCCNC3)COCC2. The highest BCUT2D eigenvalue weighted by Gasteiger charge is 2.25. The second-order valence-electron chi connectivity index (χ2n) is 5.86. The zero-order chi connectivity index (χ0) is 15.8. The molecule has 0 fully saturated rings. The largest absolute Gasteiger partial charge is 0.383 e. The zero-order valence-corrected chi connectivity index (χ0v) is 14.0. The van der Waals surface area contributed by atoms with Crippen molar-refractivity contribution in [3.63, 3.8) is 0 Å². The highest BCUT2D eigenvalue weighted by molar-refractivity contribution is 5.85. The summed E-state index contributed by atoms with van der Waals surface area (Å²) in [7, 11) is 0. The molecule has 0 bridgehead atoms. The first-order valence-corrected chi connectivity index (χ1v) is 7.85. The molecule has 0 saturated heterocycles. The van der Waals surface area contributed by atoms with Crippen LogP contribution < -0.4 is 11.1 Å². The van der Waals surface area contributed by atoms with Gasteiger partial charge in [-0.05, 0) is 19.0 Å². The standard InChI is InChI=1S/C16H18N6O.ClH/c17-7-11-15(12-9-23-5-2-13(12)20-16(11)18)14-6-10-8-19-3-1-4-22(10)21-14;/h6,19H,1-5,8-9H2,(H2,18,20);1H. The van der Waals surface area contributed by atoms with Gasteiger partial charge in [0.05, 0.1) is 30.3 Å². The van der Waals surface area contributed by atoms with Crippen molar-refractivity contribution in [1.29, 1.82) is 5.26 Å². The number of ether oxygens (including phenoxy) is 1. The molecule has 0 atom stereocenters. The fraction of sp³-hybridized carbons (Fsp3) is 0.438. The summed E-state index contributed by atoms with van der Waals surface area (Å²) in [6.45, 7) is 3.74. The molecule has 3 N–H and O–H groups in total. The van der Waals surface area contributed by atoms with Gasteiger partial charge in [-0.3, -0.25) is 4.68 Å². The number of halogens is 1. The van der Waals surface area contributed by atoms with E-state index in [1.807, 2.05) is 10.7 Å². The topological polar surface area (TPSA) is 102 Å². The van der Waals surface area contributed by atoms with Crippen molar-refractivity contribution in [2.45, 2.75) is 32.5 Å². The van der Waals surface area contributed by atoms with Gasteiger partial charge >= 0.3 is 0 Å². The van der Waals surface area contributed by atoms with Crippen LogP contribution in [0.25, 0.3) is 11.3 Å². The van der Waals surface area contributed by atoms with E-state index in [0.29, 0.717) is 25.2 Å². The fourth-order valence-electron chi connectivity index (χ4n) is 3.28. The van der Waals surface area contributed by atoms with Crippen molar-refractivity contribution in [2.75, 3.05) is 18.9 Å². The van der Waals surface area contributed by atoms with Crippen molar-refractivity contribution < 1.29 is 4.74 Å². The number of fused-ring (bicyclic) bond motifs is 2. The van der Waals surface area contributed by atoms with Gasteiger partial charge in [0.25, 0.3) is 0 Å². The number of aromatic nitrogens is 3. The van der Waals surface area contributed by atoms with Gasteiger partial charge in [-0.1, -0.05) is 0 Å². The Balaban J connectivity index is 0.00000169. The van der Waals surface area contributed by atoms with E-state index in [9.17, 15) is 5.26 Å². The minimum atomic E-state index is 0. The van der Waals surface area contributed by atoms with Crippen LogP contribution >= 0.6 is 12.4 Å². The molecule has 0 radical (unpaired) electrons. The maximum absolute atomic E-state index is 9.55. The van der Waals surface area contributed by atoms with Gasteiger partial charge in [-0.25, -0.2) is 4.98 Å². The quantitative estimate of drug-likeness (QED) is 0.809. The minimum Gasteiger partial charge on any atom is -0.383 e. The van der Waals surface area contributed by atoms with E-state index in [-0.39, 0.29) is 18.2 Å². The molecule has 0 aromatic carbocycles. The number of nitrogen functional groups attached to an aromatic ring is 1. The van der Waals surface area contributed by atoms with Crippen molar-refractivity contribution in [2.24, 2.45) is 0 Å². The van der Waals surface area contributed by atoms with E-state index < -0.39 is 0 Å². The van der Waals surface area contributed by atoms with Crippen molar-refractivity contribution in [3.05, 3.63) is 28.6 Å². The van der Waals surface area contributed by atoms with Crippen molar-refractivity contribution in [1.82, 2.24) is 20.1 Å². The highest BCUT2D eigenvalue weighted by atomic mass is 35.5. The number of hydrogen-bond acceptors (Lipinski definition) is 6. The molecule has 0 saturated carbocycles. The fourth-order valence-corrected chi connectivity index (χ4v) is 3.28. The molecule has 4 heterocycles. The van der Waals surface area contributed by atoms with E-state index in [4.69, 9.17) is 15.6 Å². The molecule has 126 valence electrons. The minimum absolute atomic E-state index is 0. The molecule has 8 heteroatoms. The summed E-state index contributed by atoms with van der Waals surface area (Å²) in [5.41, 5.74) is 11.0. The van der Waals surface area contributed by atoms with Crippen molar-refractivity contribution in [3.8, 4) is 17.3 Å². The predicted octanol–water partition coefficient (Wildman–Crippen LogP) is 1.39. The van der Waals surface area contributed by atoms with Crippen LogP contribution in [0.1, 0.15) is 28.9 Å². The van der Waals surface area contributed by atoms with Gasteiger partial charge in [0.2, 0.25) is 0 Å². The van der Waals surface area contributed by atoms with Gasteiger partial charge in [0, 0.05) is 30.6 Å². The first-order valence-electron chi connectivity index (χ1n) is 7.85. The summed E-state index contributed by atoms with van der Waals surface area (Å²) in [5, 5.41) is 17.7. The number of nitriles is 1. The third-order valence-corrected chi connectivity index (χ3v) is 4.40. The third-order valence-electron chi connectivity index (χ3n) is 4.40. The summed E-state index contributed by atoms with van der Waals surface area (Å²) in [5.74, 6) is 0.282. The molecule has 2 aliphatic rings. The van der Waals surface area contributed by atoms with Crippen LogP contribution in [0.15, 0.2) is 6.07 Å². The van der Waals surface area contributed by atoms with Crippen LogP contribution in [-0.4, -0.2) is 27.9 Å². The van der Waals surface area contributed by atoms with E-state index in [0.717, 1.165) is 54.3 Å². The molecule has 4 rings (SSSR count). The Morgan fingerprint density at radius 3 is 3.12 bits per heavy atom. The second kappa shape index (κ2) is 6.77. The van der Waals surface area contributed by atoms with Gasteiger partial charge in [0.15, 0.2) is 0 Å². The Morgan fingerprint density at radius 1 is 1.42 bits per heavy atom. The van der Waals surface area contributed by atoms with Gasteiger partial charge in [-0.2, -0.15) is 10.4 Å². The Kier molecular flexibility index (Phi) is 4.71. The number of hydrogen-bond donors (Lipinski definition) is 2. The lowest BCUT2D eigenvalue weighted by atomic mass is 9.96.